The fourth-order valence-electron chi connectivity index (χ4n) is 3.41. The number of hydrogen-bond acceptors (Lipinski definition) is 5. The van der Waals surface area contributed by atoms with Gasteiger partial charge in [-0.2, -0.15) is 0 Å². The molecule has 1 aliphatic heterocycles. The van der Waals surface area contributed by atoms with Crippen LogP contribution in [0.1, 0.15) is 47.1 Å². The van der Waals surface area contributed by atoms with E-state index in [2.05, 4.69) is 41.7 Å². The fraction of sp³-hybridized carbons (Fsp3) is 0.684. The molecular weight excluding hydrogens is 348 g/mol. The van der Waals surface area contributed by atoms with Crippen LogP contribution in [0, 0.1) is 11.3 Å². The van der Waals surface area contributed by atoms with Gasteiger partial charge in [0.05, 0.1) is 4.90 Å². The van der Waals surface area contributed by atoms with Gasteiger partial charge in [-0.1, -0.05) is 39.0 Å². The summed E-state index contributed by atoms with van der Waals surface area (Å²) in [4.78, 5) is 0.345. The summed E-state index contributed by atoms with van der Waals surface area (Å²) in [6.45, 7) is 14.5. The number of benzene rings is 1. The highest BCUT2D eigenvalue weighted by Gasteiger charge is 2.35. The van der Waals surface area contributed by atoms with Crippen molar-refractivity contribution in [1.29, 1.82) is 0 Å². The lowest BCUT2D eigenvalue weighted by molar-refractivity contribution is 0.235. The number of hydrogen-bond donors (Lipinski definition) is 4. The molecule has 1 heterocycles. The predicted octanol–water partition coefficient (Wildman–Crippen LogP) is 1.99. The van der Waals surface area contributed by atoms with E-state index in [4.69, 9.17) is 0 Å². The summed E-state index contributed by atoms with van der Waals surface area (Å²) in [7, 11) is -3.55. The van der Waals surface area contributed by atoms with E-state index in [0.29, 0.717) is 23.4 Å². The Morgan fingerprint density at radius 2 is 1.77 bits per heavy atom. The van der Waals surface area contributed by atoms with Crippen LogP contribution in [0.25, 0.3) is 0 Å². The molecule has 0 saturated carbocycles. The van der Waals surface area contributed by atoms with Crippen LogP contribution in [-0.4, -0.2) is 33.1 Å². The van der Waals surface area contributed by atoms with Crippen molar-refractivity contribution in [1.82, 2.24) is 20.9 Å². The third-order valence-corrected chi connectivity index (χ3v) is 6.31. The van der Waals surface area contributed by atoms with Crippen molar-refractivity contribution in [2.24, 2.45) is 11.3 Å². The second-order valence-corrected chi connectivity index (χ2v) is 10.9. The van der Waals surface area contributed by atoms with Gasteiger partial charge in [0.2, 0.25) is 10.0 Å². The van der Waals surface area contributed by atoms with Gasteiger partial charge < -0.3 is 5.32 Å². The zero-order valence-corrected chi connectivity index (χ0v) is 17.6. The van der Waals surface area contributed by atoms with Crippen LogP contribution >= 0.6 is 0 Å². The van der Waals surface area contributed by atoms with Gasteiger partial charge in [0.25, 0.3) is 0 Å². The van der Waals surface area contributed by atoms with E-state index in [1.807, 2.05) is 32.9 Å². The summed E-state index contributed by atoms with van der Waals surface area (Å²) >= 11 is 0. The standard InChI is InChI=1S/C19H34N4O2S/c1-18(2,3)17-15(13-21-22-17)12-20-11-14-9-7-8-10-16(14)26(24,25)23-19(4,5)6/h7-10,15,17,20-23H,11-13H2,1-6H3. The Balaban J connectivity index is 2.05. The third-order valence-electron chi connectivity index (χ3n) is 4.45. The lowest BCUT2D eigenvalue weighted by Crippen LogP contribution is -2.44. The molecule has 0 amide bonds. The highest BCUT2D eigenvalue weighted by molar-refractivity contribution is 7.89. The average Bonchev–Trinajstić information content (AvgIpc) is 2.94. The summed E-state index contributed by atoms with van der Waals surface area (Å²) in [5.74, 6) is 0.450. The second-order valence-electron chi connectivity index (χ2n) is 9.22. The molecule has 2 unspecified atom stereocenters. The fourth-order valence-corrected chi connectivity index (χ4v) is 5.07. The molecule has 2 atom stereocenters. The molecule has 1 fully saturated rings. The predicted molar refractivity (Wildman–Crippen MR) is 106 cm³/mol. The Morgan fingerprint density at radius 3 is 2.38 bits per heavy atom. The van der Waals surface area contributed by atoms with Gasteiger partial charge in [0.15, 0.2) is 0 Å². The SMILES string of the molecule is CC(C)(C)NS(=O)(=O)c1ccccc1CNCC1CNNC1C(C)(C)C. The van der Waals surface area contributed by atoms with Crippen molar-refractivity contribution < 1.29 is 8.42 Å². The molecule has 1 aliphatic rings. The average molecular weight is 383 g/mol. The number of rotatable bonds is 6. The maximum Gasteiger partial charge on any atom is 0.241 e. The van der Waals surface area contributed by atoms with Crippen molar-refractivity contribution in [3.63, 3.8) is 0 Å². The molecule has 7 heteroatoms. The van der Waals surface area contributed by atoms with Gasteiger partial charge in [-0.15, -0.1) is 0 Å². The molecule has 6 nitrogen and oxygen atoms in total. The first-order valence-corrected chi connectivity index (χ1v) is 10.7. The summed E-state index contributed by atoms with van der Waals surface area (Å²) in [6.07, 6.45) is 0. The second kappa shape index (κ2) is 7.94. The van der Waals surface area contributed by atoms with E-state index in [1.54, 1.807) is 12.1 Å². The highest BCUT2D eigenvalue weighted by atomic mass is 32.2. The normalized spacial score (nSPS) is 21.9. The van der Waals surface area contributed by atoms with E-state index >= 15 is 0 Å². The Bertz CT molecular complexity index is 705. The Morgan fingerprint density at radius 1 is 1.12 bits per heavy atom. The molecule has 26 heavy (non-hydrogen) atoms. The van der Waals surface area contributed by atoms with Gasteiger partial charge in [0.1, 0.15) is 0 Å². The van der Waals surface area contributed by atoms with Crippen molar-refractivity contribution in [3.05, 3.63) is 29.8 Å². The van der Waals surface area contributed by atoms with E-state index in [9.17, 15) is 8.42 Å². The van der Waals surface area contributed by atoms with Gasteiger partial charge in [-0.3, -0.25) is 10.9 Å². The number of sulfonamides is 1. The summed E-state index contributed by atoms with van der Waals surface area (Å²) in [5.41, 5.74) is 7.04. The van der Waals surface area contributed by atoms with Crippen LogP contribution in [0.2, 0.25) is 0 Å². The number of nitrogens with one attached hydrogen (secondary N) is 4. The minimum absolute atomic E-state index is 0.160. The lowest BCUT2D eigenvalue weighted by Gasteiger charge is -2.31. The summed E-state index contributed by atoms with van der Waals surface area (Å²) in [5, 5.41) is 3.45. The topological polar surface area (TPSA) is 82.3 Å². The van der Waals surface area contributed by atoms with E-state index in [-0.39, 0.29) is 5.41 Å². The molecule has 1 saturated heterocycles. The zero-order valence-electron chi connectivity index (χ0n) is 16.8. The van der Waals surface area contributed by atoms with Crippen LogP contribution in [0.3, 0.4) is 0 Å². The molecule has 1 aromatic carbocycles. The number of hydrazine groups is 1. The molecule has 0 aromatic heterocycles. The molecule has 0 bridgehead atoms. The van der Waals surface area contributed by atoms with E-state index in [0.717, 1.165) is 18.7 Å². The molecule has 148 valence electrons. The lowest BCUT2D eigenvalue weighted by atomic mass is 9.80. The first-order chi connectivity index (χ1) is 11.9. The molecule has 1 aromatic rings. The van der Waals surface area contributed by atoms with Crippen LogP contribution in [0.15, 0.2) is 29.2 Å². The maximum atomic E-state index is 12.7. The largest absolute Gasteiger partial charge is 0.312 e. The van der Waals surface area contributed by atoms with Crippen LogP contribution in [-0.2, 0) is 16.6 Å². The third kappa shape index (κ3) is 5.76. The molecule has 4 N–H and O–H groups in total. The molecular formula is C19H34N4O2S. The Kier molecular flexibility index (Phi) is 6.51. The van der Waals surface area contributed by atoms with Crippen molar-refractivity contribution in [2.45, 2.75) is 64.6 Å². The van der Waals surface area contributed by atoms with Gasteiger partial charge in [0, 0.05) is 37.1 Å². The van der Waals surface area contributed by atoms with E-state index < -0.39 is 15.6 Å². The molecule has 0 spiro atoms. The minimum Gasteiger partial charge on any atom is -0.312 e. The van der Waals surface area contributed by atoms with Crippen LogP contribution in [0.5, 0.6) is 0 Å². The van der Waals surface area contributed by atoms with Gasteiger partial charge in [-0.25, -0.2) is 13.1 Å². The summed E-state index contributed by atoms with van der Waals surface area (Å²) < 4.78 is 28.2. The van der Waals surface area contributed by atoms with Crippen molar-refractivity contribution >= 4 is 10.0 Å². The van der Waals surface area contributed by atoms with Crippen molar-refractivity contribution in [2.75, 3.05) is 13.1 Å². The molecule has 0 aliphatic carbocycles. The Labute approximate surface area is 158 Å². The first kappa shape index (κ1) is 21.3. The monoisotopic (exact) mass is 382 g/mol. The van der Waals surface area contributed by atoms with Crippen LogP contribution in [0.4, 0.5) is 0 Å². The molecule has 0 radical (unpaired) electrons. The quantitative estimate of drug-likeness (QED) is 0.605. The Hall–Kier alpha value is -0.990. The summed E-state index contributed by atoms with van der Waals surface area (Å²) in [6, 6.07) is 7.56. The maximum absolute atomic E-state index is 12.7. The van der Waals surface area contributed by atoms with Gasteiger partial charge >= 0.3 is 0 Å². The minimum atomic E-state index is -3.55. The first-order valence-electron chi connectivity index (χ1n) is 9.21. The van der Waals surface area contributed by atoms with Crippen molar-refractivity contribution in [3.8, 4) is 0 Å². The van der Waals surface area contributed by atoms with Gasteiger partial charge in [-0.05, 0) is 37.8 Å². The van der Waals surface area contributed by atoms with Crippen LogP contribution < -0.4 is 20.9 Å². The highest BCUT2D eigenvalue weighted by Crippen LogP contribution is 2.27. The molecule has 2 rings (SSSR count). The van der Waals surface area contributed by atoms with E-state index in [1.165, 1.54) is 0 Å². The smallest absolute Gasteiger partial charge is 0.241 e. The zero-order chi connectivity index (χ0) is 19.6.